The lowest BCUT2D eigenvalue weighted by Crippen LogP contribution is -2.39. The summed E-state index contributed by atoms with van der Waals surface area (Å²) in [4.78, 5) is 0. The fourth-order valence-electron chi connectivity index (χ4n) is 2.02. The lowest BCUT2D eigenvalue weighted by atomic mass is 9.91. The molecular weight excluding hydrogens is 203 g/mol. The molecule has 1 unspecified atom stereocenters. The highest BCUT2D eigenvalue weighted by atomic mass is 19.1. The Balaban J connectivity index is 1.92. The Labute approximate surface area is 96.0 Å². The van der Waals surface area contributed by atoms with Gasteiger partial charge in [0.1, 0.15) is 5.82 Å². The molecule has 88 valence electrons. The zero-order chi connectivity index (χ0) is 11.4. The highest BCUT2D eigenvalue weighted by Crippen LogP contribution is 2.20. The molecule has 0 radical (unpaired) electrons. The minimum Gasteiger partial charge on any atom is -0.330 e. The molecule has 1 aromatic carbocycles. The Hall–Kier alpha value is -0.930. The van der Waals surface area contributed by atoms with Crippen molar-refractivity contribution in [2.24, 2.45) is 5.73 Å². The predicted molar refractivity (Wildman–Crippen MR) is 63.8 cm³/mol. The lowest BCUT2D eigenvalue weighted by Gasteiger charge is -2.28. The molecule has 0 aromatic heterocycles. The normalized spacial score (nSPS) is 18.1. The maximum Gasteiger partial charge on any atom is 0.123 e. The molecule has 1 atom stereocenters. The van der Waals surface area contributed by atoms with Gasteiger partial charge in [0.05, 0.1) is 0 Å². The maximum atomic E-state index is 13.1. The summed E-state index contributed by atoms with van der Waals surface area (Å²) < 4.78 is 13.1. The fourth-order valence-corrected chi connectivity index (χ4v) is 2.02. The van der Waals surface area contributed by atoms with Gasteiger partial charge in [0, 0.05) is 25.0 Å². The van der Waals surface area contributed by atoms with E-state index in [2.05, 4.69) is 5.32 Å². The molecular formula is C13H19FN2. The quantitative estimate of drug-likeness (QED) is 0.799. The first-order valence-corrected chi connectivity index (χ1v) is 5.98. The van der Waals surface area contributed by atoms with E-state index in [0.717, 1.165) is 12.1 Å². The van der Waals surface area contributed by atoms with Crippen molar-refractivity contribution in [3.05, 3.63) is 35.6 Å². The van der Waals surface area contributed by atoms with Crippen LogP contribution in [-0.2, 0) is 0 Å². The molecule has 0 saturated heterocycles. The van der Waals surface area contributed by atoms with Gasteiger partial charge in [-0.25, -0.2) is 4.39 Å². The summed E-state index contributed by atoms with van der Waals surface area (Å²) in [6.45, 7) is 1.41. The first-order valence-electron chi connectivity index (χ1n) is 5.98. The fraction of sp³-hybridized carbons (Fsp3) is 0.538. The number of rotatable bonds is 5. The van der Waals surface area contributed by atoms with Crippen molar-refractivity contribution in [3.63, 3.8) is 0 Å². The van der Waals surface area contributed by atoms with E-state index < -0.39 is 0 Å². The summed E-state index contributed by atoms with van der Waals surface area (Å²) in [5.74, 6) is 0.0379. The van der Waals surface area contributed by atoms with Gasteiger partial charge < -0.3 is 11.1 Å². The zero-order valence-electron chi connectivity index (χ0n) is 9.45. The standard InChI is InChI=1S/C13H19FN2/c14-12-4-1-3-10(7-12)11(8-15)9-16-13-5-2-6-13/h1,3-4,7,11,13,16H,2,5-6,8-9,15H2. The molecule has 2 nitrogen and oxygen atoms in total. The smallest absolute Gasteiger partial charge is 0.123 e. The van der Waals surface area contributed by atoms with Gasteiger partial charge in [-0.15, -0.1) is 0 Å². The lowest BCUT2D eigenvalue weighted by molar-refractivity contribution is 0.332. The average molecular weight is 222 g/mol. The Bertz CT molecular complexity index is 336. The van der Waals surface area contributed by atoms with Crippen LogP contribution in [0, 0.1) is 5.82 Å². The second-order valence-corrected chi connectivity index (χ2v) is 4.52. The number of hydrogen-bond acceptors (Lipinski definition) is 2. The molecule has 1 aliphatic carbocycles. The summed E-state index contributed by atoms with van der Waals surface area (Å²) in [6.07, 6.45) is 3.85. The molecule has 3 heteroatoms. The molecule has 0 spiro atoms. The SMILES string of the molecule is NCC(CNC1CCC1)c1cccc(F)c1. The van der Waals surface area contributed by atoms with Crippen molar-refractivity contribution in [2.45, 2.75) is 31.2 Å². The first-order chi connectivity index (χ1) is 7.79. The topological polar surface area (TPSA) is 38.0 Å². The molecule has 16 heavy (non-hydrogen) atoms. The Kier molecular flexibility index (Phi) is 3.91. The monoisotopic (exact) mass is 222 g/mol. The minimum atomic E-state index is -0.181. The van der Waals surface area contributed by atoms with Gasteiger partial charge >= 0.3 is 0 Å². The van der Waals surface area contributed by atoms with E-state index in [-0.39, 0.29) is 11.7 Å². The summed E-state index contributed by atoms with van der Waals surface area (Å²) in [5, 5.41) is 3.49. The van der Waals surface area contributed by atoms with Crippen LogP contribution in [-0.4, -0.2) is 19.1 Å². The van der Waals surface area contributed by atoms with Crippen LogP contribution in [0.25, 0.3) is 0 Å². The van der Waals surface area contributed by atoms with Crippen molar-refractivity contribution in [2.75, 3.05) is 13.1 Å². The number of benzene rings is 1. The van der Waals surface area contributed by atoms with Crippen LogP contribution in [0.2, 0.25) is 0 Å². The third-order valence-corrected chi connectivity index (χ3v) is 3.36. The number of halogens is 1. The van der Waals surface area contributed by atoms with E-state index in [1.54, 1.807) is 12.1 Å². The van der Waals surface area contributed by atoms with Gasteiger partial charge in [0.15, 0.2) is 0 Å². The molecule has 0 heterocycles. The molecule has 0 amide bonds. The van der Waals surface area contributed by atoms with Crippen LogP contribution in [0.1, 0.15) is 30.7 Å². The number of nitrogens with one attached hydrogen (secondary N) is 1. The zero-order valence-corrected chi connectivity index (χ0v) is 9.45. The molecule has 1 fully saturated rings. The van der Waals surface area contributed by atoms with E-state index in [0.29, 0.717) is 12.6 Å². The molecule has 1 aromatic rings. The summed E-state index contributed by atoms with van der Waals surface area (Å²) in [7, 11) is 0. The van der Waals surface area contributed by atoms with Gasteiger partial charge in [0.2, 0.25) is 0 Å². The average Bonchev–Trinajstić information content (AvgIpc) is 2.22. The van der Waals surface area contributed by atoms with Gasteiger partial charge in [-0.1, -0.05) is 18.6 Å². The van der Waals surface area contributed by atoms with E-state index in [4.69, 9.17) is 5.73 Å². The van der Waals surface area contributed by atoms with Gasteiger partial charge in [-0.2, -0.15) is 0 Å². The van der Waals surface area contributed by atoms with Crippen LogP contribution in [0.5, 0.6) is 0 Å². The van der Waals surface area contributed by atoms with Crippen LogP contribution in [0.15, 0.2) is 24.3 Å². The minimum absolute atomic E-state index is 0.181. The third-order valence-electron chi connectivity index (χ3n) is 3.36. The molecule has 0 aliphatic heterocycles. The second kappa shape index (κ2) is 5.41. The largest absolute Gasteiger partial charge is 0.330 e. The van der Waals surface area contributed by atoms with Crippen LogP contribution < -0.4 is 11.1 Å². The van der Waals surface area contributed by atoms with Gasteiger partial charge in [-0.3, -0.25) is 0 Å². The molecule has 3 N–H and O–H groups in total. The van der Waals surface area contributed by atoms with Gasteiger partial charge in [0.25, 0.3) is 0 Å². The second-order valence-electron chi connectivity index (χ2n) is 4.52. The summed E-state index contributed by atoms with van der Waals surface area (Å²) in [6, 6.07) is 7.40. The Morgan fingerprint density at radius 3 is 2.81 bits per heavy atom. The van der Waals surface area contributed by atoms with E-state index in [1.165, 1.54) is 25.3 Å². The summed E-state index contributed by atoms with van der Waals surface area (Å²) >= 11 is 0. The molecule has 1 saturated carbocycles. The van der Waals surface area contributed by atoms with Crippen molar-refractivity contribution in [1.29, 1.82) is 0 Å². The summed E-state index contributed by atoms with van der Waals surface area (Å²) in [5.41, 5.74) is 6.73. The highest BCUT2D eigenvalue weighted by Gasteiger charge is 2.18. The predicted octanol–water partition coefficient (Wildman–Crippen LogP) is 2.01. The van der Waals surface area contributed by atoms with Crippen molar-refractivity contribution in [3.8, 4) is 0 Å². The van der Waals surface area contributed by atoms with Crippen molar-refractivity contribution < 1.29 is 4.39 Å². The molecule has 1 aliphatic rings. The van der Waals surface area contributed by atoms with Crippen molar-refractivity contribution in [1.82, 2.24) is 5.32 Å². The molecule has 2 rings (SSSR count). The Morgan fingerprint density at radius 2 is 2.25 bits per heavy atom. The number of nitrogens with two attached hydrogens (primary N) is 1. The van der Waals surface area contributed by atoms with E-state index in [9.17, 15) is 4.39 Å². The Morgan fingerprint density at radius 1 is 1.44 bits per heavy atom. The number of hydrogen-bond donors (Lipinski definition) is 2. The van der Waals surface area contributed by atoms with Crippen LogP contribution in [0.4, 0.5) is 4.39 Å². The van der Waals surface area contributed by atoms with Gasteiger partial charge in [-0.05, 0) is 30.5 Å². The van der Waals surface area contributed by atoms with Crippen molar-refractivity contribution >= 4 is 0 Å². The van der Waals surface area contributed by atoms with E-state index in [1.807, 2.05) is 6.07 Å². The first kappa shape index (κ1) is 11.6. The molecule has 0 bridgehead atoms. The van der Waals surface area contributed by atoms with E-state index >= 15 is 0 Å². The van der Waals surface area contributed by atoms with Crippen LogP contribution >= 0.6 is 0 Å². The maximum absolute atomic E-state index is 13.1. The third kappa shape index (κ3) is 2.80. The highest BCUT2D eigenvalue weighted by molar-refractivity contribution is 5.21. The van der Waals surface area contributed by atoms with Crippen LogP contribution in [0.3, 0.4) is 0 Å².